The fourth-order valence-electron chi connectivity index (χ4n) is 1.74. The molecule has 1 unspecified atom stereocenters. The maximum Gasteiger partial charge on any atom is 0.0721 e. The number of fused-ring (bicyclic) bond motifs is 1. The first-order valence-electron chi connectivity index (χ1n) is 4.44. The Morgan fingerprint density at radius 2 is 2.15 bits per heavy atom. The van der Waals surface area contributed by atoms with Gasteiger partial charge in [-0.25, -0.2) is 0 Å². The van der Waals surface area contributed by atoms with Crippen LogP contribution in [0.3, 0.4) is 0 Å². The molecule has 1 aromatic carbocycles. The molecule has 1 aliphatic rings. The van der Waals surface area contributed by atoms with Gasteiger partial charge in [0.2, 0.25) is 0 Å². The molecule has 13 heavy (non-hydrogen) atoms. The van der Waals surface area contributed by atoms with E-state index in [1.54, 1.807) is 0 Å². The number of benzene rings is 1. The average molecular weight is 171 g/mol. The topological polar surface area (TPSA) is 3.24 Å². The van der Waals surface area contributed by atoms with Crippen molar-refractivity contribution in [1.29, 1.82) is 0 Å². The van der Waals surface area contributed by atoms with Crippen molar-refractivity contribution in [1.82, 2.24) is 4.90 Å². The summed E-state index contributed by atoms with van der Waals surface area (Å²) < 4.78 is 0. The Hall–Kier alpha value is -1.50. The van der Waals surface area contributed by atoms with Crippen LogP contribution in [0.1, 0.15) is 17.2 Å². The third kappa shape index (κ3) is 1.26. The van der Waals surface area contributed by atoms with Gasteiger partial charge in [-0.3, -0.25) is 0 Å². The van der Waals surface area contributed by atoms with Gasteiger partial charge >= 0.3 is 0 Å². The fourth-order valence-corrected chi connectivity index (χ4v) is 1.74. The third-order valence-electron chi connectivity index (χ3n) is 2.47. The lowest BCUT2D eigenvalue weighted by atomic mass is 9.97. The van der Waals surface area contributed by atoms with Gasteiger partial charge < -0.3 is 4.90 Å². The predicted molar refractivity (Wildman–Crippen MR) is 56.2 cm³/mol. The Bertz CT molecular complexity index is 352. The molecular weight excluding hydrogens is 158 g/mol. The van der Waals surface area contributed by atoms with Crippen LogP contribution in [0.15, 0.2) is 43.1 Å². The molecule has 0 saturated heterocycles. The lowest BCUT2D eigenvalue weighted by molar-refractivity contribution is 0.392. The average Bonchev–Trinajstić information content (AvgIpc) is 2.18. The fraction of sp³-hybridized carbons (Fsp3) is 0.167. The first-order valence-corrected chi connectivity index (χ1v) is 4.44. The smallest absolute Gasteiger partial charge is 0.0721 e. The zero-order valence-electron chi connectivity index (χ0n) is 7.77. The summed E-state index contributed by atoms with van der Waals surface area (Å²) in [6.07, 6.45) is 6.20. The molecule has 1 heterocycles. The van der Waals surface area contributed by atoms with E-state index in [-0.39, 0.29) is 0 Å². The molecular formula is C12H13N. The molecule has 1 nitrogen and oxygen atoms in total. The number of hydrogen-bond donors (Lipinski definition) is 0. The molecule has 1 aliphatic heterocycles. The molecule has 0 aliphatic carbocycles. The summed E-state index contributed by atoms with van der Waals surface area (Å²) in [6.45, 7) is 3.86. The van der Waals surface area contributed by atoms with Gasteiger partial charge in [0.25, 0.3) is 0 Å². The van der Waals surface area contributed by atoms with Gasteiger partial charge in [-0.1, -0.05) is 30.3 Å². The molecule has 2 rings (SSSR count). The molecule has 1 heteroatoms. The van der Waals surface area contributed by atoms with Crippen molar-refractivity contribution in [2.45, 2.75) is 6.04 Å². The molecule has 0 saturated carbocycles. The summed E-state index contributed by atoms with van der Waals surface area (Å²) in [6, 6.07) is 8.75. The van der Waals surface area contributed by atoms with Gasteiger partial charge in [-0.2, -0.15) is 0 Å². The third-order valence-corrected chi connectivity index (χ3v) is 2.47. The molecule has 0 aromatic heterocycles. The van der Waals surface area contributed by atoms with E-state index in [1.165, 1.54) is 11.1 Å². The SMILES string of the molecule is C=CC1c2ccccc2C=CN1C. The van der Waals surface area contributed by atoms with E-state index in [1.807, 2.05) is 6.08 Å². The van der Waals surface area contributed by atoms with E-state index < -0.39 is 0 Å². The second kappa shape index (κ2) is 3.09. The van der Waals surface area contributed by atoms with Crippen molar-refractivity contribution in [3.05, 3.63) is 54.2 Å². The molecule has 1 atom stereocenters. The van der Waals surface area contributed by atoms with Crippen LogP contribution in [0, 0.1) is 0 Å². The molecule has 0 N–H and O–H groups in total. The first-order chi connectivity index (χ1) is 6.33. The highest BCUT2D eigenvalue weighted by molar-refractivity contribution is 5.57. The summed E-state index contributed by atoms with van der Waals surface area (Å²) in [4.78, 5) is 2.16. The zero-order valence-corrected chi connectivity index (χ0v) is 7.77. The van der Waals surface area contributed by atoms with Crippen LogP contribution in [0.4, 0.5) is 0 Å². The molecule has 0 spiro atoms. The number of nitrogens with zero attached hydrogens (tertiary/aromatic N) is 1. The number of hydrogen-bond acceptors (Lipinski definition) is 1. The number of likely N-dealkylation sites (N-methyl/N-ethyl adjacent to an activating group) is 1. The summed E-state index contributed by atoms with van der Waals surface area (Å²) in [5.41, 5.74) is 2.63. The normalized spacial score (nSPS) is 19.8. The van der Waals surface area contributed by atoms with Gasteiger partial charge in [-0.05, 0) is 17.2 Å². The van der Waals surface area contributed by atoms with E-state index >= 15 is 0 Å². The van der Waals surface area contributed by atoms with Gasteiger partial charge in [0.05, 0.1) is 6.04 Å². The van der Waals surface area contributed by atoms with Crippen molar-refractivity contribution in [2.24, 2.45) is 0 Å². The Kier molecular flexibility index (Phi) is 1.93. The lowest BCUT2D eigenvalue weighted by Gasteiger charge is -2.29. The minimum absolute atomic E-state index is 0.321. The van der Waals surface area contributed by atoms with Crippen LogP contribution in [0.25, 0.3) is 6.08 Å². The molecule has 0 amide bonds. The summed E-state index contributed by atoms with van der Waals surface area (Å²) in [7, 11) is 2.07. The zero-order chi connectivity index (χ0) is 9.26. The van der Waals surface area contributed by atoms with Crippen molar-refractivity contribution >= 4 is 6.08 Å². The van der Waals surface area contributed by atoms with E-state index in [2.05, 4.69) is 55.1 Å². The largest absolute Gasteiger partial charge is 0.370 e. The van der Waals surface area contributed by atoms with Crippen LogP contribution in [-0.2, 0) is 0 Å². The maximum absolute atomic E-state index is 3.86. The molecule has 0 bridgehead atoms. The van der Waals surface area contributed by atoms with E-state index in [9.17, 15) is 0 Å². The van der Waals surface area contributed by atoms with Gasteiger partial charge in [0.15, 0.2) is 0 Å². The van der Waals surface area contributed by atoms with Crippen LogP contribution in [0.5, 0.6) is 0 Å². The minimum atomic E-state index is 0.321. The quantitative estimate of drug-likeness (QED) is 0.587. The van der Waals surface area contributed by atoms with Gasteiger partial charge in [0, 0.05) is 13.2 Å². The highest BCUT2D eigenvalue weighted by Crippen LogP contribution is 2.29. The molecule has 1 aromatic rings. The van der Waals surface area contributed by atoms with Crippen molar-refractivity contribution in [3.63, 3.8) is 0 Å². The van der Waals surface area contributed by atoms with Crippen LogP contribution in [0.2, 0.25) is 0 Å². The van der Waals surface area contributed by atoms with Crippen LogP contribution < -0.4 is 0 Å². The molecule has 0 radical (unpaired) electrons. The van der Waals surface area contributed by atoms with Gasteiger partial charge in [0.1, 0.15) is 0 Å². The first kappa shape index (κ1) is 8.11. The number of rotatable bonds is 1. The maximum atomic E-state index is 3.86. The van der Waals surface area contributed by atoms with Crippen LogP contribution in [-0.4, -0.2) is 11.9 Å². The van der Waals surface area contributed by atoms with Crippen molar-refractivity contribution < 1.29 is 0 Å². The molecule has 66 valence electrons. The van der Waals surface area contributed by atoms with Crippen LogP contribution >= 0.6 is 0 Å². The summed E-state index contributed by atoms with van der Waals surface area (Å²) >= 11 is 0. The standard InChI is InChI=1S/C12H13N/c1-3-12-11-7-5-4-6-10(11)8-9-13(12)2/h3-9,12H,1H2,2H3. The van der Waals surface area contributed by atoms with Crippen molar-refractivity contribution in [3.8, 4) is 0 Å². The Morgan fingerprint density at radius 1 is 1.38 bits per heavy atom. The van der Waals surface area contributed by atoms with Crippen molar-refractivity contribution in [2.75, 3.05) is 7.05 Å². The minimum Gasteiger partial charge on any atom is -0.370 e. The monoisotopic (exact) mass is 171 g/mol. The van der Waals surface area contributed by atoms with E-state index in [0.717, 1.165) is 0 Å². The molecule has 0 fully saturated rings. The second-order valence-corrected chi connectivity index (χ2v) is 3.29. The van der Waals surface area contributed by atoms with Gasteiger partial charge in [-0.15, -0.1) is 6.58 Å². The predicted octanol–water partition coefficient (Wildman–Crippen LogP) is 2.83. The van der Waals surface area contributed by atoms with E-state index in [4.69, 9.17) is 0 Å². The summed E-state index contributed by atoms with van der Waals surface area (Å²) in [5.74, 6) is 0. The summed E-state index contributed by atoms with van der Waals surface area (Å²) in [5, 5.41) is 0. The highest BCUT2D eigenvalue weighted by Gasteiger charge is 2.16. The second-order valence-electron chi connectivity index (χ2n) is 3.29. The lowest BCUT2D eigenvalue weighted by Crippen LogP contribution is -2.20. The van der Waals surface area contributed by atoms with E-state index in [0.29, 0.717) is 6.04 Å². The Balaban J connectivity index is 2.53. The Labute approximate surface area is 79.0 Å². The Morgan fingerprint density at radius 3 is 2.92 bits per heavy atom. The highest BCUT2D eigenvalue weighted by atomic mass is 15.1.